The van der Waals surface area contributed by atoms with Gasteiger partial charge in [0.1, 0.15) is 0 Å². The molecular formula is C18H24N2. The molecular weight excluding hydrogens is 244 g/mol. The fourth-order valence-electron chi connectivity index (χ4n) is 3.42. The van der Waals surface area contributed by atoms with Gasteiger partial charge in [0.2, 0.25) is 0 Å². The van der Waals surface area contributed by atoms with Crippen molar-refractivity contribution in [2.24, 2.45) is 23.5 Å². The molecule has 0 aliphatic heterocycles. The Morgan fingerprint density at radius 1 is 1.05 bits per heavy atom. The summed E-state index contributed by atoms with van der Waals surface area (Å²) in [6.07, 6.45) is 3.77. The predicted molar refractivity (Wildman–Crippen MR) is 84.3 cm³/mol. The van der Waals surface area contributed by atoms with E-state index in [0.717, 1.165) is 23.0 Å². The molecule has 1 aliphatic rings. The van der Waals surface area contributed by atoms with Crippen LogP contribution in [0.5, 0.6) is 0 Å². The largest absolute Gasteiger partial charge is 0.322 e. The molecule has 2 aromatic rings. The zero-order valence-corrected chi connectivity index (χ0v) is 12.4. The normalized spacial score (nSPS) is 28.4. The Kier molecular flexibility index (Phi) is 3.75. The Morgan fingerprint density at radius 2 is 1.85 bits per heavy atom. The van der Waals surface area contributed by atoms with Crippen molar-refractivity contribution in [3.63, 3.8) is 0 Å². The minimum atomic E-state index is 0.0783. The van der Waals surface area contributed by atoms with Crippen LogP contribution in [0.15, 0.2) is 36.4 Å². The molecule has 3 rings (SSSR count). The number of hydrogen-bond donors (Lipinski definition) is 1. The number of rotatable bonds is 2. The van der Waals surface area contributed by atoms with E-state index >= 15 is 0 Å². The Morgan fingerprint density at radius 3 is 2.65 bits per heavy atom. The van der Waals surface area contributed by atoms with Crippen molar-refractivity contribution >= 4 is 10.9 Å². The molecule has 0 amide bonds. The van der Waals surface area contributed by atoms with E-state index in [1.165, 1.54) is 24.6 Å². The van der Waals surface area contributed by atoms with Crippen molar-refractivity contribution in [3.05, 3.63) is 42.1 Å². The number of benzene rings is 1. The Hall–Kier alpha value is -1.41. The van der Waals surface area contributed by atoms with Gasteiger partial charge in [-0.2, -0.15) is 0 Å². The zero-order chi connectivity index (χ0) is 14.1. The summed E-state index contributed by atoms with van der Waals surface area (Å²) in [6, 6.07) is 12.6. The number of para-hydroxylation sites is 1. The average molecular weight is 268 g/mol. The SMILES string of the molecule is CC1CCC(C(N)c2ccc3ccccc3n2)CC1C. The maximum atomic E-state index is 6.51. The lowest BCUT2D eigenvalue weighted by Crippen LogP contribution is -2.29. The summed E-state index contributed by atoms with van der Waals surface area (Å²) < 4.78 is 0. The second-order valence-electron chi connectivity index (χ2n) is 6.48. The standard InChI is InChI=1S/C18H24N2/c1-12-7-8-15(11-13(12)2)18(19)17-10-9-14-5-3-4-6-16(14)20-17/h3-6,9-10,12-13,15,18H,7-8,11,19H2,1-2H3. The van der Waals surface area contributed by atoms with Gasteiger partial charge in [-0.05, 0) is 42.7 Å². The van der Waals surface area contributed by atoms with Crippen LogP contribution >= 0.6 is 0 Å². The highest BCUT2D eigenvalue weighted by Gasteiger charge is 2.29. The first kappa shape index (κ1) is 13.6. The van der Waals surface area contributed by atoms with Crippen molar-refractivity contribution in [3.8, 4) is 0 Å². The predicted octanol–water partition coefficient (Wildman–Crippen LogP) is 4.31. The number of nitrogens with zero attached hydrogens (tertiary/aromatic N) is 1. The molecule has 1 aliphatic carbocycles. The molecule has 1 aromatic heterocycles. The van der Waals surface area contributed by atoms with Gasteiger partial charge in [-0.3, -0.25) is 4.98 Å². The van der Waals surface area contributed by atoms with Crippen LogP contribution < -0.4 is 5.73 Å². The van der Waals surface area contributed by atoms with Gasteiger partial charge in [0, 0.05) is 11.4 Å². The molecule has 0 bridgehead atoms. The topological polar surface area (TPSA) is 38.9 Å². The first-order valence-electron chi connectivity index (χ1n) is 7.76. The second-order valence-corrected chi connectivity index (χ2v) is 6.48. The Labute approximate surface area is 121 Å². The van der Waals surface area contributed by atoms with Crippen LogP contribution in [-0.4, -0.2) is 4.98 Å². The van der Waals surface area contributed by atoms with Gasteiger partial charge in [0.15, 0.2) is 0 Å². The summed E-state index contributed by atoms with van der Waals surface area (Å²) in [5.41, 5.74) is 8.61. The molecule has 1 fully saturated rings. The lowest BCUT2D eigenvalue weighted by molar-refractivity contribution is 0.185. The smallest absolute Gasteiger partial charge is 0.0706 e. The van der Waals surface area contributed by atoms with E-state index in [2.05, 4.69) is 38.1 Å². The molecule has 0 spiro atoms. The van der Waals surface area contributed by atoms with Crippen molar-refractivity contribution in [2.75, 3.05) is 0 Å². The third-order valence-corrected chi connectivity index (χ3v) is 5.11. The van der Waals surface area contributed by atoms with Crippen LogP contribution in [0.3, 0.4) is 0 Å². The molecule has 0 saturated heterocycles. The summed E-state index contributed by atoms with van der Waals surface area (Å²) >= 11 is 0. The molecule has 1 heterocycles. The minimum absolute atomic E-state index is 0.0783. The van der Waals surface area contributed by atoms with E-state index in [9.17, 15) is 0 Å². The molecule has 4 atom stereocenters. The van der Waals surface area contributed by atoms with Crippen LogP contribution in [0.4, 0.5) is 0 Å². The lowest BCUT2D eigenvalue weighted by Gasteiger charge is -2.35. The molecule has 2 nitrogen and oxygen atoms in total. The van der Waals surface area contributed by atoms with Crippen LogP contribution in [0, 0.1) is 17.8 Å². The van der Waals surface area contributed by atoms with Gasteiger partial charge < -0.3 is 5.73 Å². The molecule has 1 aromatic carbocycles. The van der Waals surface area contributed by atoms with Gasteiger partial charge in [0.25, 0.3) is 0 Å². The summed E-state index contributed by atoms with van der Waals surface area (Å²) in [4.78, 5) is 4.77. The fraction of sp³-hybridized carbons (Fsp3) is 0.500. The highest BCUT2D eigenvalue weighted by atomic mass is 14.8. The molecule has 1 saturated carbocycles. The number of aromatic nitrogens is 1. The zero-order valence-electron chi connectivity index (χ0n) is 12.4. The van der Waals surface area contributed by atoms with E-state index in [4.69, 9.17) is 10.7 Å². The fourth-order valence-corrected chi connectivity index (χ4v) is 3.42. The number of nitrogens with two attached hydrogens (primary N) is 1. The van der Waals surface area contributed by atoms with E-state index in [1.54, 1.807) is 0 Å². The Bertz CT molecular complexity index is 593. The van der Waals surface area contributed by atoms with Gasteiger partial charge in [0.05, 0.1) is 11.2 Å². The van der Waals surface area contributed by atoms with E-state index in [0.29, 0.717) is 5.92 Å². The van der Waals surface area contributed by atoms with E-state index in [1.807, 2.05) is 12.1 Å². The monoisotopic (exact) mass is 268 g/mol. The minimum Gasteiger partial charge on any atom is -0.322 e. The van der Waals surface area contributed by atoms with E-state index < -0.39 is 0 Å². The Balaban J connectivity index is 1.83. The molecule has 20 heavy (non-hydrogen) atoms. The van der Waals surface area contributed by atoms with Gasteiger partial charge in [-0.25, -0.2) is 0 Å². The van der Waals surface area contributed by atoms with Gasteiger partial charge in [-0.1, -0.05) is 44.5 Å². The maximum absolute atomic E-state index is 6.51. The highest BCUT2D eigenvalue weighted by Crippen LogP contribution is 2.38. The van der Waals surface area contributed by atoms with Gasteiger partial charge in [-0.15, -0.1) is 0 Å². The third-order valence-electron chi connectivity index (χ3n) is 5.11. The van der Waals surface area contributed by atoms with Crippen molar-refractivity contribution in [1.29, 1.82) is 0 Å². The van der Waals surface area contributed by atoms with Crippen LogP contribution in [-0.2, 0) is 0 Å². The summed E-state index contributed by atoms with van der Waals surface area (Å²) in [6.45, 7) is 4.72. The van der Waals surface area contributed by atoms with Crippen molar-refractivity contribution in [1.82, 2.24) is 4.98 Å². The lowest BCUT2D eigenvalue weighted by atomic mass is 9.73. The van der Waals surface area contributed by atoms with Crippen LogP contribution in [0.2, 0.25) is 0 Å². The van der Waals surface area contributed by atoms with Crippen molar-refractivity contribution < 1.29 is 0 Å². The summed E-state index contributed by atoms with van der Waals surface area (Å²) in [5, 5.41) is 1.19. The van der Waals surface area contributed by atoms with E-state index in [-0.39, 0.29) is 6.04 Å². The number of pyridine rings is 1. The molecule has 4 unspecified atom stereocenters. The summed E-state index contributed by atoms with van der Waals surface area (Å²) in [7, 11) is 0. The van der Waals surface area contributed by atoms with Crippen molar-refractivity contribution in [2.45, 2.75) is 39.2 Å². The molecule has 2 heteroatoms. The highest BCUT2D eigenvalue weighted by molar-refractivity contribution is 5.78. The van der Waals surface area contributed by atoms with Gasteiger partial charge >= 0.3 is 0 Å². The second kappa shape index (κ2) is 5.53. The summed E-state index contributed by atoms with van der Waals surface area (Å²) in [5.74, 6) is 2.19. The first-order valence-corrected chi connectivity index (χ1v) is 7.76. The number of fused-ring (bicyclic) bond motifs is 1. The quantitative estimate of drug-likeness (QED) is 0.881. The maximum Gasteiger partial charge on any atom is 0.0706 e. The average Bonchev–Trinajstić information content (AvgIpc) is 2.49. The molecule has 0 radical (unpaired) electrons. The third kappa shape index (κ3) is 2.57. The first-order chi connectivity index (χ1) is 9.65. The van der Waals surface area contributed by atoms with Crippen LogP contribution in [0.1, 0.15) is 44.8 Å². The molecule has 2 N–H and O–H groups in total. The molecule has 106 valence electrons. The number of hydrogen-bond acceptors (Lipinski definition) is 2. The van der Waals surface area contributed by atoms with Crippen LogP contribution in [0.25, 0.3) is 10.9 Å².